The zero-order valence-corrected chi connectivity index (χ0v) is 11.3. The molecular weight excluding hydrogens is 232 g/mol. The van der Waals surface area contributed by atoms with Crippen molar-refractivity contribution >= 4 is 0 Å². The average Bonchev–Trinajstić information content (AvgIpc) is 2.36. The van der Waals surface area contributed by atoms with E-state index in [1.165, 1.54) is 22.3 Å². The summed E-state index contributed by atoms with van der Waals surface area (Å²) in [6.07, 6.45) is 2.53. The first-order valence-electron chi connectivity index (χ1n) is 7.04. The zero-order valence-electron chi connectivity index (χ0n) is 11.3. The predicted molar refractivity (Wildman–Crippen MR) is 78.4 cm³/mol. The number of fused-ring (bicyclic) bond motifs is 1. The summed E-state index contributed by atoms with van der Waals surface area (Å²) in [6, 6.07) is 17.0. The van der Waals surface area contributed by atoms with Crippen LogP contribution in [0.15, 0.2) is 48.5 Å². The van der Waals surface area contributed by atoms with Crippen LogP contribution in [0.25, 0.3) is 0 Å². The van der Waals surface area contributed by atoms with E-state index in [-0.39, 0.29) is 6.10 Å². The standard InChI is InChI=1S/C18H20O/c1-13-5-4-6-14(9-13)10-17(19)12-16-11-15-7-2-3-8-18(15)16/h2-9,16-17,19H,10-12H2,1H3. The van der Waals surface area contributed by atoms with Gasteiger partial charge in [-0.15, -0.1) is 0 Å². The molecule has 19 heavy (non-hydrogen) atoms. The molecule has 0 fully saturated rings. The molecule has 1 nitrogen and oxygen atoms in total. The summed E-state index contributed by atoms with van der Waals surface area (Å²) >= 11 is 0. The van der Waals surface area contributed by atoms with Crippen molar-refractivity contribution in [2.24, 2.45) is 0 Å². The van der Waals surface area contributed by atoms with Crippen LogP contribution < -0.4 is 0 Å². The Morgan fingerprint density at radius 1 is 1.16 bits per heavy atom. The van der Waals surface area contributed by atoms with Gasteiger partial charge in [0.25, 0.3) is 0 Å². The summed E-state index contributed by atoms with van der Waals surface area (Å²) in [5.41, 5.74) is 5.39. The molecule has 0 saturated carbocycles. The molecule has 2 unspecified atom stereocenters. The first-order valence-corrected chi connectivity index (χ1v) is 7.04. The van der Waals surface area contributed by atoms with Gasteiger partial charge in [0.1, 0.15) is 0 Å². The molecule has 0 amide bonds. The van der Waals surface area contributed by atoms with Gasteiger partial charge in [0, 0.05) is 0 Å². The average molecular weight is 252 g/mol. The Morgan fingerprint density at radius 3 is 2.79 bits per heavy atom. The van der Waals surface area contributed by atoms with Gasteiger partial charge in [0.15, 0.2) is 0 Å². The van der Waals surface area contributed by atoms with Gasteiger partial charge < -0.3 is 5.11 Å². The third-order valence-electron chi connectivity index (χ3n) is 4.07. The van der Waals surface area contributed by atoms with E-state index in [2.05, 4.69) is 55.5 Å². The molecule has 1 heteroatoms. The molecule has 2 atom stereocenters. The molecule has 0 heterocycles. The molecule has 0 spiro atoms. The molecule has 0 saturated heterocycles. The summed E-state index contributed by atoms with van der Waals surface area (Å²) in [5, 5.41) is 10.3. The number of aliphatic hydroxyl groups is 1. The van der Waals surface area contributed by atoms with Gasteiger partial charge in [-0.3, -0.25) is 0 Å². The van der Waals surface area contributed by atoms with Crippen molar-refractivity contribution in [2.45, 2.75) is 38.2 Å². The summed E-state index contributed by atoms with van der Waals surface area (Å²) in [5.74, 6) is 0.552. The van der Waals surface area contributed by atoms with Crippen LogP contribution in [0.1, 0.15) is 34.6 Å². The van der Waals surface area contributed by atoms with Gasteiger partial charge in [-0.25, -0.2) is 0 Å². The zero-order chi connectivity index (χ0) is 13.2. The molecule has 3 rings (SSSR count). The molecule has 0 aliphatic heterocycles. The largest absolute Gasteiger partial charge is 0.393 e. The van der Waals surface area contributed by atoms with E-state index in [0.717, 1.165) is 19.3 Å². The molecule has 0 bridgehead atoms. The number of aryl methyl sites for hydroxylation is 1. The minimum atomic E-state index is -0.236. The topological polar surface area (TPSA) is 20.2 Å². The lowest BCUT2D eigenvalue weighted by Gasteiger charge is -2.31. The molecular formula is C18H20O. The van der Waals surface area contributed by atoms with Crippen LogP contribution in [0, 0.1) is 6.92 Å². The Bertz CT molecular complexity index is 573. The Hall–Kier alpha value is -1.60. The maximum Gasteiger partial charge on any atom is 0.0586 e. The second kappa shape index (κ2) is 5.18. The third-order valence-corrected chi connectivity index (χ3v) is 4.07. The van der Waals surface area contributed by atoms with Gasteiger partial charge in [0.2, 0.25) is 0 Å². The van der Waals surface area contributed by atoms with Gasteiger partial charge in [-0.1, -0.05) is 54.1 Å². The lowest BCUT2D eigenvalue weighted by Crippen LogP contribution is -2.23. The highest BCUT2D eigenvalue weighted by Gasteiger charge is 2.27. The van der Waals surface area contributed by atoms with E-state index < -0.39 is 0 Å². The van der Waals surface area contributed by atoms with E-state index in [4.69, 9.17) is 0 Å². The number of hydrogen-bond acceptors (Lipinski definition) is 1. The number of benzene rings is 2. The predicted octanol–water partition coefficient (Wildman–Crippen LogP) is 3.63. The monoisotopic (exact) mass is 252 g/mol. The summed E-state index contributed by atoms with van der Waals surface area (Å²) in [6.45, 7) is 2.10. The minimum absolute atomic E-state index is 0.236. The van der Waals surface area contributed by atoms with Crippen LogP contribution in [0.3, 0.4) is 0 Å². The van der Waals surface area contributed by atoms with E-state index in [1.54, 1.807) is 0 Å². The second-order valence-electron chi connectivity index (χ2n) is 5.68. The molecule has 1 N–H and O–H groups in total. The van der Waals surface area contributed by atoms with Crippen LogP contribution in [0.2, 0.25) is 0 Å². The Morgan fingerprint density at radius 2 is 2.00 bits per heavy atom. The van der Waals surface area contributed by atoms with Crippen LogP contribution in [-0.2, 0) is 12.8 Å². The lowest BCUT2D eigenvalue weighted by atomic mass is 9.74. The number of rotatable bonds is 4. The van der Waals surface area contributed by atoms with Crippen molar-refractivity contribution in [1.82, 2.24) is 0 Å². The third kappa shape index (κ3) is 2.71. The van der Waals surface area contributed by atoms with Crippen LogP contribution in [-0.4, -0.2) is 11.2 Å². The lowest BCUT2D eigenvalue weighted by molar-refractivity contribution is 0.151. The molecule has 0 radical (unpaired) electrons. The summed E-state index contributed by atoms with van der Waals surface area (Å²) < 4.78 is 0. The van der Waals surface area contributed by atoms with Crippen molar-refractivity contribution in [1.29, 1.82) is 0 Å². The summed E-state index contributed by atoms with van der Waals surface area (Å²) in [4.78, 5) is 0. The van der Waals surface area contributed by atoms with Crippen molar-refractivity contribution in [2.75, 3.05) is 0 Å². The highest BCUT2D eigenvalue weighted by Crippen LogP contribution is 2.38. The SMILES string of the molecule is Cc1cccc(CC(O)CC2Cc3ccccc32)c1. The quantitative estimate of drug-likeness (QED) is 0.881. The van der Waals surface area contributed by atoms with Gasteiger partial charge in [-0.2, -0.15) is 0 Å². The van der Waals surface area contributed by atoms with E-state index in [1.807, 2.05) is 0 Å². The van der Waals surface area contributed by atoms with Gasteiger partial charge in [0.05, 0.1) is 6.10 Å². The van der Waals surface area contributed by atoms with Crippen molar-refractivity contribution in [3.63, 3.8) is 0 Å². The first kappa shape index (κ1) is 12.4. The highest BCUT2D eigenvalue weighted by atomic mass is 16.3. The van der Waals surface area contributed by atoms with E-state index in [0.29, 0.717) is 5.92 Å². The smallest absolute Gasteiger partial charge is 0.0586 e. The van der Waals surface area contributed by atoms with Crippen molar-refractivity contribution in [3.05, 3.63) is 70.8 Å². The Kier molecular flexibility index (Phi) is 3.39. The highest BCUT2D eigenvalue weighted by molar-refractivity contribution is 5.40. The fraction of sp³-hybridized carbons (Fsp3) is 0.333. The maximum absolute atomic E-state index is 10.3. The van der Waals surface area contributed by atoms with Crippen molar-refractivity contribution < 1.29 is 5.11 Å². The molecule has 1 aliphatic carbocycles. The van der Waals surface area contributed by atoms with Gasteiger partial charge in [-0.05, 0) is 48.8 Å². The van der Waals surface area contributed by atoms with Crippen LogP contribution >= 0.6 is 0 Å². The van der Waals surface area contributed by atoms with Crippen LogP contribution in [0.4, 0.5) is 0 Å². The molecule has 2 aromatic rings. The molecule has 98 valence electrons. The summed E-state index contributed by atoms with van der Waals surface area (Å²) in [7, 11) is 0. The fourth-order valence-corrected chi connectivity index (χ4v) is 3.10. The van der Waals surface area contributed by atoms with Crippen molar-refractivity contribution in [3.8, 4) is 0 Å². The molecule has 1 aliphatic rings. The minimum Gasteiger partial charge on any atom is -0.393 e. The second-order valence-corrected chi connectivity index (χ2v) is 5.68. The molecule has 0 aromatic heterocycles. The van der Waals surface area contributed by atoms with E-state index >= 15 is 0 Å². The number of aliphatic hydroxyl groups excluding tert-OH is 1. The number of hydrogen-bond donors (Lipinski definition) is 1. The molecule has 2 aromatic carbocycles. The Labute approximate surface area is 114 Å². The van der Waals surface area contributed by atoms with E-state index in [9.17, 15) is 5.11 Å². The first-order chi connectivity index (χ1) is 9.22. The van der Waals surface area contributed by atoms with Crippen LogP contribution in [0.5, 0.6) is 0 Å². The Balaban J connectivity index is 1.60. The fourth-order valence-electron chi connectivity index (χ4n) is 3.10. The van der Waals surface area contributed by atoms with Gasteiger partial charge >= 0.3 is 0 Å². The maximum atomic E-state index is 10.3. The normalized spacial score (nSPS) is 18.5.